The Morgan fingerprint density at radius 1 is 1.21 bits per heavy atom. The van der Waals surface area contributed by atoms with Gasteiger partial charge in [-0.3, -0.25) is 9.69 Å². The van der Waals surface area contributed by atoms with Gasteiger partial charge in [-0.25, -0.2) is 0 Å². The van der Waals surface area contributed by atoms with E-state index in [0.717, 1.165) is 49.5 Å². The highest BCUT2D eigenvalue weighted by atomic mass is 16.5. The first kappa shape index (κ1) is 18.6. The standard InChI is InChI=1S/C21H25N3O4/c1-26-18-4-2-3-16(13-18)15-24-19(14-17-5-10-28-21(17)24)20(25)22-6-7-23-8-11-27-12-9-23/h2-5,10,13-14H,6-9,11-12,15H2,1H3,(H,22,25). The molecule has 2 aromatic heterocycles. The number of ether oxygens (including phenoxy) is 2. The first-order valence-corrected chi connectivity index (χ1v) is 9.52. The molecule has 0 atom stereocenters. The van der Waals surface area contributed by atoms with Gasteiger partial charge in [0.25, 0.3) is 5.91 Å². The lowest BCUT2D eigenvalue weighted by Crippen LogP contribution is -2.41. The van der Waals surface area contributed by atoms with E-state index >= 15 is 0 Å². The molecule has 4 rings (SSSR count). The third-order valence-corrected chi connectivity index (χ3v) is 5.03. The van der Waals surface area contributed by atoms with Crippen LogP contribution in [0.3, 0.4) is 0 Å². The predicted molar refractivity (Wildman–Crippen MR) is 106 cm³/mol. The van der Waals surface area contributed by atoms with Crippen molar-refractivity contribution in [1.82, 2.24) is 14.8 Å². The molecule has 3 aromatic rings. The molecular formula is C21H25N3O4. The van der Waals surface area contributed by atoms with Crippen LogP contribution >= 0.6 is 0 Å². The second-order valence-electron chi connectivity index (χ2n) is 6.86. The number of hydrogen-bond acceptors (Lipinski definition) is 5. The van der Waals surface area contributed by atoms with E-state index in [9.17, 15) is 4.79 Å². The zero-order valence-corrected chi connectivity index (χ0v) is 16.0. The highest BCUT2D eigenvalue weighted by Crippen LogP contribution is 2.23. The Bertz CT molecular complexity index is 940. The van der Waals surface area contributed by atoms with Gasteiger partial charge in [0.1, 0.15) is 11.4 Å². The Morgan fingerprint density at radius 3 is 2.89 bits per heavy atom. The van der Waals surface area contributed by atoms with Crippen LogP contribution in [0.15, 0.2) is 47.1 Å². The normalized spacial score (nSPS) is 15.0. The van der Waals surface area contributed by atoms with E-state index in [-0.39, 0.29) is 5.91 Å². The average Bonchev–Trinajstić information content (AvgIpc) is 3.32. The number of morpholine rings is 1. The lowest BCUT2D eigenvalue weighted by molar-refractivity contribution is 0.0383. The van der Waals surface area contributed by atoms with Crippen molar-refractivity contribution in [2.75, 3.05) is 46.5 Å². The number of furan rings is 1. The quantitative estimate of drug-likeness (QED) is 0.678. The number of fused-ring (bicyclic) bond motifs is 1. The Balaban J connectivity index is 1.49. The Kier molecular flexibility index (Phi) is 5.64. The van der Waals surface area contributed by atoms with Crippen LogP contribution in [0.2, 0.25) is 0 Å². The number of hydrogen-bond donors (Lipinski definition) is 1. The smallest absolute Gasteiger partial charge is 0.268 e. The molecule has 1 aliphatic rings. The minimum Gasteiger partial charge on any atom is -0.497 e. The van der Waals surface area contributed by atoms with Gasteiger partial charge >= 0.3 is 0 Å². The van der Waals surface area contributed by atoms with Crippen LogP contribution in [0.1, 0.15) is 16.1 Å². The molecule has 0 bridgehead atoms. The van der Waals surface area contributed by atoms with Gasteiger partial charge in [-0.05, 0) is 29.8 Å². The fraction of sp³-hybridized carbons (Fsp3) is 0.381. The lowest BCUT2D eigenvalue weighted by atomic mass is 10.2. The van der Waals surface area contributed by atoms with E-state index in [1.54, 1.807) is 13.4 Å². The van der Waals surface area contributed by atoms with Crippen LogP contribution in [0.4, 0.5) is 0 Å². The van der Waals surface area contributed by atoms with Crippen LogP contribution in [0, 0.1) is 0 Å². The van der Waals surface area contributed by atoms with Gasteiger partial charge in [0.05, 0.1) is 33.1 Å². The summed E-state index contributed by atoms with van der Waals surface area (Å²) in [6, 6.07) is 11.6. The van der Waals surface area contributed by atoms with E-state index in [1.165, 1.54) is 0 Å². The molecule has 28 heavy (non-hydrogen) atoms. The summed E-state index contributed by atoms with van der Waals surface area (Å²) < 4.78 is 18.2. The third-order valence-electron chi connectivity index (χ3n) is 5.03. The predicted octanol–water partition coefficient (Wildman–Crippen LogP) is 2.35. The molecule has 0 radical (unpaired) electrons. The Morgan fingerprint density at radius 2 is 2.07 bits per heavy atom. The van der Waals surface area contributed by atoms with Gasteiger partial charge < -0.3 is 23.8 Å². The van der Waals surface area contributed by atoms with E-state index in [1.807, 2.05) is 41.0 Å². The zero-order chi connectivity index (χ0) is 19.3. The maximum Gasteiger partial charge on any atom is 0.268 e. The van der Waals surface area contributed by atoms with Crippen molar-refractivity contribution in [3.05, 3.63) is 53.9 Å². The molecular weight excluding hydrogens is 358 g/mol. The molecule has 7 heteroatoms. The van der Waals surface area contributed by atoms with Crippen LogP contribution in [0.25, 0.3) is 11.1 Å². The molecule has 0 aliphatic carbocycles. The number of nitrogens with one attached hydrogen (secondary N) is 1. The summed E-state index contributed by atoms with van der Waals surface area (Å²) in [6.07, 6.45) is 1.65. The Hall–Kier alpha value is -2.77. The number of nitrogens with zero attached hydrogens (tertiary/aromatic N) is 2. The van der Waals surface area contributed by atoms with Crippen molar-refractivity contribution in [3.63, 3.8) is 0 Å². The van der Waals surface area contributed by atoms with Crippen LogP contribution in [-0.4, -0.2) is 61.9 Å². The highest BCUT2D eigenvalue weighted by Gasteiger charge is 2.18. The summed E-state index contributed by atoms with van der Waals surface area (Å²) >= 11 is 0. The second kappa shape index (κ2) is 8.50. The molecule has 1 fully saturated rings. The molecule has 7 nitrogen and oxygen atoms in total. The van der Waals surface area contributed by atoms with Gasteiger partial charge in [0.2, 0.25) is 5.71 Å². The minimum absolute atomic E-state index is 0.0949. The Labute approximate surface area is 163 Å². The molecule has 1 saturated heterocycles. The zero-order valence-electron chi connectivity index (χ0n) is 16.0. The maximum absolute atomic E-state index is 12.8. The largest absolute Gasteiger partial charge is 0.497 e. The number of amides is 1. The summed E-state index contributed by atoms with van der Waals surface area (Å²) in [6.45, 7) is 5.29. The summed E-state index contributed by atoms with van der Waals surface area (Å²) in [4.78, 5) is 15.1. The van der Waals surface area contributed by atoms with Crippen molar-refractivity contribution < 1.29 is 18.7 Å². The van der Waals surface area contributed by atoms with Crippen molar-refractivity contribution in [3.8, 4) is 5.75 Å². The monoisotopic (exact) mass is 383 g/mol. The fourth-order valence-electron chi connectivity index (χ4n) is 3.52. The molecule has 3 heterocycles. The summed E-state index contributed by atoms with van der Waals surface area (Å²) in [5, 5.41) is 3.95. The van der Waals surface area contributed by atoms with Gasteiger partial charge in [-0.15, -0.1) is 0 Å². The second-order valence-corrected chi connectivity index (χ2v) is 6.86. The summed E-state index contributed by atoms with van der Waals surface area (Å²) in [7, 11) is 1.65. The van der Waals surface area contributed by atoms with Gasteiger partial charge in [0, 0.05) is 31.6 Å². The van der Waals surface area contributed by atoms with Crippen molar-refractivity contribution in [2.45, 2.75) is 6.54 Å². The summed E-state index contributed by atoms with van der Waals surface area (Å²) in [5.74, 6) is 0.694. The van der Waals surface area contributed by atoms with E-state index in [2.05, 4.69) is 10.2 Å². The fourth-order valence-corrected chi connectivity index (χ4v) is 3.52. The molecule has 1 aromatic carbocycles. The van der Waals surface area contributed by atoms with E-state index < -0.39 is 0 Å². The van der Waals surface area contributed by atoms with Crippen molar-refractivity contribution in [2.24, 2.45) is 0 Å². The van der Waals surface area contributed by atoms with Crippen LogP contribution in [0.5, 0.6) is 5.75 Å². The number of aromatic nitrogens is 1. The maximum atomic E-state index is 12.8. The summed E-state index contributed by atoms with van der Waals surface area (Å²) in [5.41, 5.74) is 2.33. The highest BCUT2D eigenvalue weighted by molar-refractivity contribution is 5.97. The molecule has 1 amide bonds. The average molecular weight is 383 g/mol. The van der Waals surface area contributed by atoms with Crippen molar-refractivity contribution >= 4 is 17.0 Å². The first-order chi connectivity index (χ1) is 13.7. The number of benzene rings is 1. The topological polar surface area (TPSA) is 68.9 Å². The third kappa shape index (κ3) is 4.05. The van der Waals surface area contributed by atoms with E-state index in [0.29, 0.717) is 24.5 Å². The number of methoxy groups -OCH3 is 1. The molecule has 0 saturated carbocycles. The number of carbonyl (C=O) groups excluding carboxylic acids is 1. The van der Waals surface area contributed by atoms with Gasteiger partial charge in [0.15, 0.2) is 0 Å². The minimum atomic E-state index is -0.0949. The van der Waals surface area contributed by atoms with Crippen LogP contribution in [-0.2, 0) is 11.3 Å². The number of carbonyl (C=O) groups is 1. The first-order valence-electron chi connectivity index (χ1n) is 9.52. The molecule has 1 N–H and O–H groups in total. The molecule has 148 valence electrons. The van der Waals surface area contributed by atoms with Crippen LogP contribution < -0.4 is 10.1 Å². The lowest BCUT2D eigenvalue weighted by Gasteiger charge is -2.26. The number of rotatable bonds is 7. The van der Waals surface area contributed by atoms with Crippen molar-refractivity contribution in [1.29, 1.82) is 0 Å². The molecule has 0 unspecified atom stereocenters. The molecule has 1 aliphatic heterocycles. The van der Waals surface area contributed by atoms with E-state index in [4.69, 9.17) is 13.9 Å². The van der Waals surface area contributed by atoms with Gasteiger partial charge in [-0.1, -0.05) is 12.1 Å². The van der Waals surface area contributed by atoms with Gasteiger partial charge in [-0.2, -0.15) is 0 Å². The molecule has 0 spiro atoms. The SMILES string of the molecule is COc1cccc(Cn2c(C(=O)NCCN3CCOCC3)cc3ccoc32)c1.